The first-order valence-corrected chi connectivity index (χ1v) is 7.88. The Balaban J connectivity index is 2.12. The van der Waals surface area contributed by atoms with Crippen LogP contribution in [-0.4, -0.2) is 36.3 Å². The second kappa shape index (κ2) is 8.63. The van der Waals surface area contributed by atoms with E-state index in [1.54, 1.807) is 25.1 Å². The van der Waals surface area contributed by atoms with Crippen molar-refractivity contribution in [2.75, 3.05) is 19.0 Å². The quantitative estimate of drug-likeness (QED) is 0.670. The molecule has 0 aliphatic rings. The van der Waals surface area contributed by atoms with Gasteiger partial charge in [0.2, 0.25) is 0 Å². The maximum atomic E-state index is 12.4. The van der Waals surface area contributed by atoms with Gasteiger partial charge in [-0.2, -0.15) is 0 Å². The summed E-state index contributed by atoms with van der Waals surface area (Å²) >= 11 is 0. The first-order chi connectivity index (χ1) is 12.1. The minimum atomic E-state index is -0.797. The van der Waals surface area contributed by atoms with Gasteiger partial charge in [0, 0.05) is 13.1 Å². The predicted octanol–water partition coefficient (Wildman–Crippen LogP) is 2.46. The fraction of sp³-hybridized carbons (Fsp3) is 0.211. The Morgan fingerprint density at radius 1 is 1.00 bits per heavy atom. The Bertz CT molecular complexity index is 759. The van der Waals surface area contributed by atoms with E-state index in [0.29, 0.717) is 13.1 Å². The Kier molecular flexibility index (Phi) is 6.28. The highest BCUT2D eigenvalue weighted by atomic mass is 16.5. The third-order valence-corrected chi connectivity index (χ3v) is 3.66. The number of nitrogens with one attached hydrogen (secondary N) is 1. The minimum Gasteiger partial charge on any atom is -0.465 e. The molecule has 0 saturated carbocycles. The van der Waals surface area contributed by atoms with Crippen LogP contribution >= 0.6 is 0 Å². The molecule has 2 aromatic carbocycles. The van der Waals surface area contributed by atoms with Crippen LogP contribution in [0.3, 0.4) is 0 Å². The van der Waals surface area contributed by atoms with Crippen molar-refractivity contribution in [2.45, 2.75) is 13.5 Å². The number of nitrogens with zero attached hydrogens (tertiary/aromatic N) is 1. The van der Waals surface area contributed by atoms with E-state index in [4.69, 9.17) is 0 Å². The van der Waals surface area contributed by atoms with E-state index in [-0.39, 0.29) is 11.3 Å². The zero-order chi connectivity index (χ0) is 18.2. The largest absolute Gasteiger partial charge is 0.465 e. The van der Waals surface area contributed by atoms with Crippen molar-refractivity contribution in [3.63, 3.8) is 0 Å². The van der Waals surface area contributed by atoms with Crippen LogP contribution in [0.25, 0.3) is 0 Å². The van der Waals surface area contributed by atoms with Crippen LogP contribution in [0.4, 0.5) is 5.69 Å². The van der Waals surface area contributed by atoms with Crippen LogP contribution in [0.5, 0.6) is 0 Å². The molecule has 0 atom stereocenters. The highest BCUT2D eigenvalue weighted by Gasteiger charge is 2.22. The van der Waals surface area contributed by atoms with E-state index in [2.05, 4.69) is 10.1 Å². The van der Waals surface area contributed by atoms with E-state index >= 15 is 0 Å². The lowest BCUT2D eigenvalue weighted by atomic mass is 10.1. The van der Waals surface area contributed by atoms with Gasteiger partial charge in [-0.05, 0) is 24.6 Å². The molecular weight excluding hydrogens is 320 g/mol. The number of likely N-dealkylation sites (N-methyl/N-ethyl adjacent to an activating group) is 1. The Hall–Kier alpha value is -3.15. The molecule has 0 bridgehead atoms. The van der Waals surface area contributed by atoms with Gasteiger partial charge >= 0.3 is 17.8 Å². The number of anilines is 1. The van der Waals surface area contributed by atoms with E-state index in [1.165, 1.54) is 18.1 Å². The first kappa shape index (κ1) is 18.2. The van der Waals surface area contributed by atoms with E-state index in [1.807, 2.05) is 30.3 Å². The number of carbonyl (C=O) groups is 3. The van der Waals surface area contributed by atoms with Gasteiger partial charge < -0.3 is 15.0 Å². The summed E-state index contributed by atoms with van der Waals surface area (Å²) in [7, 11) is 1.25. The lowest BCUT2D eigenvalue weighted by Gasteiger charge is -2.20. The number of hydrogen-bond donors (Lipinski definition) is 1. The summed E-state index contributed by atoms with van der Waals surface area (Å²) in [5.41, 5.74) is 1.36. The smallest absolute Gasteiger partial charge is 0.339 e. The molecule has 2 amide bonds. The number of methoxy groups -OCH3 is 1. The molecule has 0 radical (unpaired) electrons. The number of benzene rings is 2. The molecule has 130 valence electrons. The molecule has 6 nitrogen and oxygen atoms in total. The SMILES string of the molecule is CCN(Cc1ccccc1)C(=O)C(=O)Nc1ccccc1C(=O)OC. The summed E-state index contributed by atoms with van der Waals surface area (Å²) < 4.78 is 4.68. The predicted molar refractivity (Wildman–Crippen MR) is 93.9 cm³/mol. The molecule has 2 aromatic rings. The van der Waals surface area contributed by atoms with Crippen molar-refractivity contribution in [2.24, 2.45) is 0 Å². The second-order valence-electron chi connectivity index (χ2n) is 5.30. The molecule has 0 aliphatic heterocycles. The molecule has 0 spiro atoms. The van der Waals surface area contributed by atoms with Crippen molar-refractivity contribution in [1.29, 1.82) is 0 Å². The van der Waals surface area contributed by atoms with Gasteiger partial charge in [0.25, 0.3) is 0 Å². The number of esters is 1. The van der Waals surface area contributed by atoms with Crippen LogP contribution in [0.15, 0.2) is 54.6 Å². The average molecular weight is 340 g/mol. The Morgan fingerprint density at radius 3 is 2.28 bits per heavy atom. The molecule has 0 aromatic heterocycles. The molecule has 6 heteroatoms. The highest BCUT2D eigenvalue weighted by Crippen LogP contribution is 2.16. The van der Waals surface area contributed by atoms with E-state index < -0.39 is 17.8 Å². The van der Waals surface area contributed by atoms with Crippen LogP contribution in [-0.2, 0) is 20.9 Å². The Morgan fingerprint density at radius 2 is 1.64 bits per heavy atom. The molecule has 0 aliphatic carbocycles. The summed E-state index contributed by atoms with van der Waals surface area (Å²) in [5, 5.41) is 2.50. The van der Waals surface area contributed by atoms with Gasteiger partial charge in [0.1, 0.15) is 0 Å². The molecule has 0 unspecified atom stereocenters. The molecule has 0 fully saturated rings. The summed E-state index contributed by atoms with van der Waals surface area (Å²) in [6.45, 7) is 2.53. The van der Waals surface area contributed by atoms with Crippen molar-refractivity contribution in [3.05, 3.63) is 65.7 Å². The van der Waals surface area contributed by atoms with Gasteiger partial charge in [0.05, 0.1) is 18.4 Å². The van der Waals surface area contributed by atoms with Crippen molar-refractivity contribution < 1.29 is 19.1 Å². The van der Waals surface area contributed by atoms with Gasteiger partial charge in [-0.15, -0.1) is 0 Å². The fourth-order valence-electron chi connectivity index (χ4n) is 2.33. The second-order valence-corrected chi connectivity index (χ2v) is 5.30. The number of hydrogen-bond acceptors (Lipinski definition) is 4. The number of para-hydroxylation sites is 1. The molecule has 1 N–H and O–H groups in total. The van der Waals surface area contributed by atoms with Crippen LogP contribution in [0.1, 0.15) is 22.8 Å². The topological polar surface area (TPSA) is 75.7 Å². The zero-order valence-electron chi connectivity index (χ0n) is 14.2. The summed E-state index contributed by atoms with van der Waals surface area (Å²) in [4.78, 5) is 37.9. The standard InChI is InChI=1S/C19H20N2O4/c1-3-21(13-14-9-5-4-6-10-14)18(23)17(22)20-16-12-8-7-11-15(16)19(24)25-2/h4-12H,3,13H2,1-2H3,(H,20,22). The maximum Gasteiger partial charge on any atom is 0.339 e. The fourth-order valence-corrected chi connectivity index (χ4v) is 2.33. The van der Waals surface area contributed by atoms with Crippen molar-refractivity contribution >= 4 is 23.5 Å². The van der Waals surface area contributed by atoms with Gasteiger partial charge in [-0.25, -0.2) is 4.79 Å². The first-order valence-electron chi connectivity index (χ1n) is 7.88. The number of amides is 2. The minimum absolute atomic E-state index is 0.192. The number of rotatable bonds is 5. The van der Waals surface area contributed by atoms with Crippen LogP contribution in [0, 0.1) is 0 Å². The number of carbonyl (C=O) groups excluding carboxylic acids is 3. The maximum absolute atomic E-state index is 12.4. The molecule has 0 saturated heterocycles. The highest BCUT2D eigenvalue weighted by molar-refractivity contribution is 6.39. The van der Waals surface area contributed by atoms with Crippen molar-refractivity contribution in [3.8, 4) is 0 Å². The third-order valence-electron chi connectivity index (χ3n) is 3.66. The normalized spacial score (nSPS) is 10.0. The van der Waals surface area contributed by atoms with E-state index in [9.17, 15) is 14.4 Å². The Labute approximate surface area is 146 Å². The average Bonchev–Trinajstić information content (AvgIpc) is 2.66. The van der Waals surface area contributed by atoms with Crippen molar-refractivity contribution in [1.82, 2.24) is 4.90 Å². The summed E-state index contributed by atoms with van der Waals surface area (Å²) in [6, 6.07) is 15.8. The van der Waals surface area contributed by atoms with E-state index in [0.717, 1.165) is 5.56 Å². The lowest BCUT2D eigenvalue weighted by Crippen LogP contribution is -2.39. The van der Waals surface area contributed by atoms with Gasteiger partial charge in [-0.1, -0.05) is 42.5 Å². The molecule has 2 rings (SSSR count). The third kappa shape index (κ3) is 4.67. The molecule has 0 heterocycles. The van der Waals surface area contributed by atoms with Crippen LogP contribution < -0.4 is 5.32 Å². The molecule has 25 heavy (non-hydrogen) atoms. The lowest BCUT2D eigenvalue weighted by molar-refractivity contribution is -0.143. The van der Waals surface area contributed by atoms with Gasteiger partial charge in [-0.3, -0.25) is 9.59 Å². The van der Waals surface area contributed by atoms with Crippen LogP contribution in [0.2, 0.25) is 0 Å². The summed E-state index contributed by atoms with van der Waals surface area (Å²) in [5.74, 6) is -2.04. The summed E-state index contributed by atoms with van der Waals surface area (Å²) in [6.07, 6.45) is 0. The number of ether oxygens (including phenoxy) is 1. The zero-order valence-corrected chi connectivity index (χ0v) is 14.2. The monoisotopic (exact) mass is 340 g/mol. The molecular formula is C19H20N2O4. The van der Waals surface area contributed by atoms with Gasteiger partial charge in [0.15, 0.2) is 0 Å².